The Kier molecular flexibility index (Phi) is 4.92. The standard InChI is InChI=1S/C18H19ClN4O6S/c19-12-7-13-14(8-15(12)30(25,26)22-3-5-27-6-4-22)28-10-17(24)23(13)9-16-20-18(29-21-16)11-1-2-11/h7-8,11H,1-6,9-10H2. The Morgan fingerprint density at radius 2 is 1.97 bits per heavy atom. The smallest absolute Gasteiger partial charge is 0.265 e. The summed E-state index contributed by atoms with van der Waals surface area (Å²) < 4.78 is 43.4. The van der Waals surface area contributed by atoms with E-state index in [1.54, 1.807) is 0 Å². The lowest BCUT2D eigenvalue weighted by atomic mass is 10.2. The molecule has 3 heterocycles. The van der Waals surface area contributed by atoms with Gasteiger partial charge in [-0.05, 0) is 18.9 Å². The summed E-state index contributed by atoms with van der Waals surface area (Å²) in [5.74, 6) is 1.22. The molecule has 1 aromatic heterocycles. The van der Waals surface area contributed by atoms with Gasteiger partial charge in [-0.1, -0.05) is 16.8 Å². The number of sulfonamides is 1. The van der Waals surface area contributed by atoms with E-state index in [1.165, 1.54) is 21.3 Å². The van der Waals surface area contributed by atoms with Crippen molar-refractivity contribution in [1.82, 2.24) is 14.4 Å². The molecule has 12 heteroatoms. The third-order valence-electron chi connectivity index (χ3n) is 5.25. The monoisotopic (exact) mass is 454 g/mol. The summed E-state index contributed by atoms with van der Waals surface area (Å²) in [7, 11) is -3.82. The van der Waals surface area contributed by atoms with E-state index in [-0.39, 0.29) is 47.8 Å². The average molecular weight is 455 g/mol. The molecule has 2 aliphatic heterocycles. The van der Waals surface area contributed by atoms with Crippen molar-refractivity contribution in [3.63, 3.8) is 0 Å². The molecule has 2 aromatic rings. The average Bonchev–Trinajstić information content (AvgIpc) is 3.49. The molecule has 0 radical (unpaired) electrons. The van der Waals surface area contributed by atoms with Gasteiger partial charge in [0.25, 0.3) is 5.91 Å². The zero-order chi connectivity index (χ0) is 20.9. The number of hydrogen-bond donors (Lipinski definition) is 0. The number of hydrogen-bond acceptors (Lipinski definition) is 8. The first-order chi connectivity index (χ1) is 14.4. The van der Waals surface area contributed by atoms with Crippen molar-refractivity contribution >= 4 is 33.2 Å². The van der Waals surface area contributed by atoms with Crippen molar-refractivity contribution in [2.24, 2.45) is 0 Å². The van der Waals surface area contributed by atoms with Crippen LogP contribution >= 0.6 is 11.6 Å². The Bertz CT molecular complexity index is 1090. The Balaban J connectivity index is 1.46. The second kappa shape index (κ2) is 7.49. The maximum absolute atomic E-state index is 13.0. The molecule has 0 spiro atoms. The van der Waals surface area contributed by atoms with Crippen molar-refractivity contribution in [2.45, 2.75) is 30.2 Å². The first-order valence-electron chi connectivity index (χ1n) is 9.60. The fourth-order valence-electron chi connectivity index (χ4n) is 3.47. The second-order valence-corrected chi connectivity index (χ2v) is 9.67. The molecule has 160 valence electrons. The largest absolute Gasteiger partial charge is 0.482 e. The molecule has 5 rings (SSSR count). The first kappa shape index (κ1) is 19.7. The van der Waals surface area contributed by atoms with Crippen molar-refractivity contribution in [3.8, 4) is 5.75 Å². The number of anilines is 1. The number of nitrogens with zero attached hydrogens (tertiary/aromatic N) is 4. The lowest BCUT2D eigenvalue weighted by Gasteiger charge is -2.30. The van der Waals surface area contributed by atoms with Gasteiger partial charge in [0.15, 0.2) is 12.4 Å². The van der Waals surface area contributed by atoms with Crippen LogP contribution < -0.4 is 9.64 Å². The topological polar surface area (TPSA) is 115 Å². The minimum atomic E-state index is -3.82. The predicted octanol–water partition coefficient (Wildman–Crippen LogP) is 1.55. The van der Waals surface area contributed by atoms with E-state index in [0.29, 0.717) is 36.5 Å². The highest BCUT2D eigenvalue weighted by atomic mass is 35.5. The van der Waals surface area contributed by atoms with Gasteiger partial charge in [-0.2, -0.15) is 9.29 Å². The highest BCUT2D eigenvalue weighted by Gasteiger charge is 2.34. The summed E-state index contributed by atoms with van der Waals surface area (Å²) in [5, 5.41) is 3.96. The molecule has 1 amide bonds. The molecule has 1 saturated carbocycles. The molecule has 30 heavy (non-hydrogen) atoms. The van der Waals surface area contributed by atoms with Gasteiger partial charge in [-0.3, -0.25) is 9.69 Å². The molecular weight excluding hydrogens is 436 g/mol. The molecule has 0 bridgehead atoms. The third-order valence-corrected chi connectivity index (χ3v) is 7.62. The fourth-order valence-corrected chi connectivity index (χ4v) is 5.39. The second-order valence-electron chi connectivity index (χ2n) is 7.36. The Morgan fingerprint density at radius 1 is 1.20 bits per heavy atom. The first-order valence-corrected chi connectivity index (χ1v) is 11.4. The van der Waals surface area contributed by atoms with E-state index < -0.39 is 10.0 Å². The number of benzene rings is 1. The number of fused-ring (bicyclic) bond motifs is 1. The number of ether oxygens (including phenoxy) is 2. The summed E-state index contributed by atoms with van der Waals surface area (Å²) in [5.41, 5.74) is 0.370. The van der Waals surface area contributed by atoms with E-state index in [0.717, 1.165) is 12.8 Å². The zero-order valence-electron chi connectivity index (χ0n) is 15.9. The van der Waals surface area contributed by atoms with Gasteiger partial charge in [-0.15, -0.1) is 0 Å². The van der Waals surface area contributed by atoms with E-state index in [4.69, 9.17) is 25.6 Å². The van der Waals surface area contributed by atoms with Crippen molar-refractivity contribution in [1.29, 1.82) is 0 Å². The Morgan fingerprint density at radius 3 is 2.70 bits per heavy atom. The van der Waals surface area contributed by atoms with Gasteiger partial charge in [0.2, 0.25) is 15.9 Å². The SMILES string of the molecule is O=C1COc2cc(S(=O)(=O)N3CCOCC3)c(Cl)cc2N1Cc1noc(C2CC2)n1. The summed E-state index contributed by atoms with van der Waals surface area (Å²) in [6.07, 6.45) is 2.05. The minimum absolute atomic E-state index is 0.00956. The van der Waals surface area contributed by atoms with Gasteiger partial charge < -0.3 is 14.0 Å². The normalized spacial score (nSPS) is 20.2. The molecule has 0 N–H and O–H groups in total. The van der Waals surface area contributed by atoms with Gasteiger partial charge >= 0.3 is 0 Å². The van der Waals surface area contributed by atoms with Crippen LogP contribution in [0.15, 0.2) is 21.6 Å². The van der Waals surface area contributed by atoms with Gasteiger partial charge in [0, 0.05) is 25.1 Å². The number of halogens is 1. The maximum atomic E-state index is 13.0. The molecule has 10 nitrogen and oxygen atoms in total. The van der Waals surface area contributed by atoms with Gasteiger partial charge in [0.1, 0.15) is 10.6 Å². The van der Waals surface area contributed by atoms with Crippen LogP contribution in [0.2, 0.25) is 5.02 Å². The fraction of sp³-hybridized carbons (Fsp3) is 0.500. The number of aromatic nitrogens is 2. The van der Waals surface area contributed by atoms with Crippen molar-refractivity contribution < 1.29 is 27.2 Å². The number of rotatable bonds is 5. The number of carbonyl (C=O) groups excluding carboxylic acids is 1. The Labute approximate surface area is 177 Å². The predicted molar refractivity (Wildman–Crippen MR) is 104 cm³/mol. The minimum Gasteiger partial charge on any atom is -0.482 e. The maximum Gasteiger partial charge on any atom is 0.265 e. The molecule has 1 saturated heterocycles. The van der Waals surface area contributed by atoms with Crippen molar-refractivity contribution in [3.05, 3.63) is 28.9 Å². The molecule has 2 fully saturated rings. The molecule has 1 aliphatic carbocycles. The van der Waals surface area contributed by atoms with Crippen molar-refractivity contribution in [2.75, 3.05) is 37.8 Å². The number of carbonyl (C=O) groups is 1. The zero-order valence-corrected chi connectivity index (χ0v) is 17.5. The quantitative estimate of drug-likeness (QED) is 0.668. The van der Waals surface area contributed by atoms with Crippen LogP contribution in [-0.4, -0.2) is 61.7 Å². The lowest BCUT2D eigenvalue weighted by molar-refractivity contribution is -0.121. The van der Waals surface area contributed by atoms with Crippen LogP contribution in [-0.2, 0) is 26.1 Å². The number of morpholine rings is 1. The molecule has 3 aliphatic rings. The van der Waals surface area contributed by atoms with Crippen LogP contribution in [0.25, 0.3) is 0 Å². The molecule has 1 aromatic carbocycles. The highest BCUT2D eigenvalue weighted by Crippen LogP contribution is 2.41. The van der Waals surface area contributed by atoms with Crippen LogP contribution in [0, 0.1) is 0 Å². The number of amides is 1. The third kappa shape index (κ3) is 3.55. The highest BCUT2D eigenvalue weighted by molar-refractivity contribution is 7.89. The van der Waals surface area contributed by atoms with E-state index in [9.17, 15) is 13.2 Å². The molecule has 0 unspecified atom stereocenters. The van der Waals surface area contributed by atoms with E-state index in [1.807, 2.05) is 0 Å². The lowest BCUT2D eigenvalue weighted by Crippen LogP contribution is -2.41. The van der Waals surface area contributed by atoms with Gasteiger partial charge in [0.05, 0.1) is 30.5 Å². The summed E-state index contributed by atoms with van der Waals surface area (Å²) in [6, 6.07) is 2.80. The summed E-state index contributed by atoms with van der Waals surface area (Å²) >= 11 is 6.35. The molecule has 0 atom stereocenters. The van der Waals surface area contributed by atoms with Crippen LogP contribution in [0.5, 0.6) is 5.75 Å². The van der Waals surface area contributed by atoms with E-state index in [2.05, 4.69) is 10.1 Å². The summed E-state index contributed by atoms with van der Waals surface area (Å²) in [6.45, 7) is 1.02. The summed E-state index contributed by atoms with van der Waals surface area (Å²) in [4.78, 5) is 18.2. The van der Waals surface area contributed by atoms with E-state index >= 15 is 0 Å². The Hall–Kier alpha value is -2.21. The van der Waals surface area contributed by atoms with Gasteiger partial charge in [-0.25, -0.2) is 8.42 Å². The van der Waals surface area contributed by atoms with Crippen LogP contribution in [0.1, 0.15) is 30.5 Å². The molecular formula is C18H19ClN4O6S. The van der Waals surface area contributed by atoms with Crippen LogP contribution in [0.3, 0.4) is 0 Å². The van der Waals surface area contributed by atoms with Crippen LogP contribution in [0.4, 0.5) is 5.69 Å².